The van der Waals surface area contributed by atoms with E-state index in [2.05, 4.69) is 45.8 Å². The molecule has 5 rings (SSSR count). The first kappa shape index (κ1) is 18.8. The molecule has 0 radical (unpaired) electrons. The SMILES string of the molecule is CC1(N2CCn3nc(-c4ccc(F)cc4)c(-c4ccnc(N)c4)c3C2)C=CC=CC1. The third-order valence-corrected chi connectivity index (χ3v) is 6.12. The molecule has 1 aliphatic heterocycles. The smallest absolute Gasteiger partial charge is 0.123 e. The number of allylic oxidation sites excluding steroid dienone is 2. The zero-order valence-electron chi connectivity index (χ0n) is 16.9. The lowest BCUT2D eigenvalue weighted by Crippen LogP contribution is -2.48. The fourth-order valence-electron chi connectivity index (χ4n) is 4.42. The molecular weight excluding hydrogens is 377 g/mol. The Morgan fingerprint density at radius 2 is 1.90 bits per heavy atom. The average Bonchev–Trinajstić information content (AvgIpc) is 3.13. The summed E-state index contributed by atoms with van der Waals surface area (Å²) in [7, 11) is 0. The van der Waals surface area contributed by atoms with Crippen molar-refractivity contribution in [1.29, 1.82) is 0 Å². The number of halogens is 1. The molecular formula is C24H24FN5. The summed E-state index contributed by atoms with van der Waals surface area (Å²) in [5.74, 6) is 0.214. The molecule has 1 unspecified atom stereocenters. The van der Waals surface area contributed by atoms with Gasteiger partial charge >= 0.3 is 0 Å². The number of hydrogen-bond donors (Lipinski definition) is 1. The van der Waals surface area contributed by atoms with E-state index in [-0.39, 0.29) is 11.4 Å². The average molecular weight is 401 g/mol. The summed E-state index contributed by atoms with van der Waals surface area (Å²) in [4.78, 5) is 6.66. The van der Waals surface area contributed by atoms with E-state index in [1.54, 1.807) is 18.3 Å². The number of nitrogen functional groups attached to an aromatic ring is 1. The highest BCUT2D eigenvalue weighted by molar-refractivity contribution is 5.83. The number of hydrogen-bond acceptors (Lipinski definition) is 4. The van der Waals surface area contributed by atoms with Gasteiger partial charge in [0.1, 0.15) is 17.3 Å². The minimum absolute atomic E-state index is 0.0190. The van der Waals surface area contributed by atoms with E-state index in [9.17, 15) is 4.39 Å². The Balaban J connectivity index is 1.64. The number of aromatic nitrogens is 3. The van der Waals surface area contributed by atoms with E-state index in [4.69, 9.17) is 10.8 Å². The highest BCUT2D eigenvalue weighted by Gasteiger charge is 2.34. The number of pyridine rings is 1. The van der Waals surface area contributed by atoms with Crippen LogP contribution < -0.4 is 5.73 Å². The highest BCUT2D eigenvalue weighted by Crippen LogP contribution is 2.39. The van der Waals surface area contributed by atoms with Crippen LogP contribution >= 0.6 is 0 Å². The van der Waals surface area contributed by atoms with E-state index in [0.717, 1.165) is 54.1 Å². The van der Waals surface area contributed by atoms with E-state index in [1.165, 1.54) is 12.1 Å². The molecule has 3 aromatic rings. The van der Waals surface area contributed by atoms with Crippen molar-refractivity contribution in [2.24, 2.45) is 0 Å². The van der Waals surface area contributed by atoms with Crippen molar-refractivity contribution in [1.82, 2.24) is 19.7 Å². The molecule has 1 aromatic carbocycles. The zero-order chi connectivity index (χ0) is 20.7. The zero-order valence-corrected chi connectivity index (χ0v) is 16.9. The monoisotopic (exact) mass is 401 g/mol. The van der Waals surface area contributed by atoms with Crippen molar-refractivity contribution in [3.63, 3.8) is 0 Å². The number of benzene rings is 1. The maximum Gasteiger partial charge on any atom is 0.123 e. The molecule has 5 nitrogen and oxygen atoms in total. The van der Waals surface area contributed by atoms with Gasteiger partial charge in [-0.3, -0.25) is 9.58 Å². The van der Waals surface area contributed by atoms with Crippen LogP contribution in [0, 0.1) is 5.82 Å². The van der Waals surface area contributed by atoms with Crippen molar-refractivity contribution in [2.45, 2.75) is 32.0 Å². The molecule has 0 saturated heterocycles. The fraction of sp³-hybridized carbons (Fsp3) is 0.250. The Labute approximate surface area is 175 Å². The second-order valence-electron chi connectivity index (χ2n) is 8.14. The second kappa shape index (κ2) is 7.22. The first-order chi connectivity index (χ1) is 14.5. The van der Waals surface area contributed by atoms with Gasteiger partial charge < -0.3 is 5.73 Å². The van der Waals surface area contributed by atoms with Crippen LogP contribution in [0.4, 0.5) is 10.2 Å². The quantitative estimate of drug-likeness (QED) is 0.706. The summed E-state index contributed by atoms with van der Waals surface area (Å²) >= 11 is 0. The predicted molar refractivity (Wildman–Crippen MR) is 117 cm³/mol. The van der Waals surface area contributed by atoms with E-state index < -0.39 is 0 Å². The Morgan fingerprint density at radius 3 is 2.63 bits per heavy atom. The highest BCUT2D eigenvalue weighted by atomic mass is 19.1. The van der Waals surface area contributed by atoms with Crippen molar-refractivity contribution in [3.8, 4) is 22.4 Å². The van der Waals surface area contributed by atoms with Crippen LogP contribution in [0.2, 0.25) is 0 Å². The normalized spacial score (nSPS) is 21.0. The molecule has 152 valence electrons. The number of nitrogens with two attached hydrogens (primary N) is 1. The molecule has 2 aliphatic rings. The van der Waals surface area contributed by atoms with Crippen LogP contribution in [0.1, 0.15) is 19.0 Å². The first-order valence-corrected chi connectivity index (χ1v) is 10.2. The van der Waals surface area contributed by atoms with Crippen LogP contribution in [0.15, 0.2) is 66.9 Å². The van der Waals surface area contributed by atoms with Crippen molar-refractivity contribution in [3.05, 3.63) is 78.4 Å². The molecule has 3 heterocycles. The minimum Gasteiger partial charge on any atom is -0.384 e. The minimum atomic E-state index is -0.256. The molecule has 0 spiro atoms. The Kier molecular flexibility index (Phi) is 4.51. The van der Waals surface area contributed by atoms with Gasteiger partial charge in [0, 0.05) is 36.0 Å². The van der Waals surface area contributed by atoms with Gasteiger partial charge in [-0.25, -0.2) is 9.37 Å². The van der Waals surface area contributed by atoms with Gasteiger partial charge in [0.2, 0.25) is 0 Å². The third-order valence-electron chi connectivity index (χ3n) is 6.12. The molecule has 6 heteroatoms. The molecule has 0 amide bonds. The lowest BCUT2D eigenvalue weighted by molar-refractivity contribution is 0.108. The van der Waals surface area contributed by atoms with Gasteiger partial charge in [0.05, 0.1) is 12.2 Å². The number of anilines is 1. The summed E-state index contributed by atoms with van der Waals surface area (Å²) in [5.41, 5.74) is 10.9. The maximum atomic E-state index is 13.5. The van der Waals surface area contributed by atoms with Crippen LogP contribution in [0.25, 0.3) is 22.4 Å². The van der Waals surface area contributed by atoms with Gasteiger partial charge in [-0.05, 0) is 55.3 Å². The van der Waals surface area contributed by atoms with E-state index in [0.29, 0.717) is 5.82 Å². The van der Waals surface area contributed by atoms with Gasteiger partial charge in [0.25, 0.3) is 0 Å². The summed E-state index contributed by atoms with van der Waals surface area (Å²) in [6, 6.07) is 10.4. The first-order valence-electron chi connectivity index (χ1n) is 10.2. The fourth-order valence-corrected chi connectivity index (χ4v) is 4.42. The summed E-state index contributed by atoms with van der Waals surface area (Å²) < 4.78 is 15.6. The predicted octanol–water partition coefficient (Wildman–Crippen LogP) is 4.42. The number of rotatable bonds is 3. The van der Waals surface area contributed by atoms with Crippen LogP contribution in [-0.4, -0.2) is 31.7 Å². The van der Waals surface area contributed by atoms with Gasteiger partial charge in [-0.1, -0.05) is 24.3 Å². The van der Waals surface area contributed by atoms with Crippen molar-refractivity contribution >= 4 is 5.82 Å². The molecule has 0 saturated carbocycles. The maximum absolute atomic E-state index is 13.5. The molecule has 1 aliphatic carbocycles. The third kappa shape index (κ3) is 3.23. The molecule has 0 bridgehead atoms. The Bertz CT molecular complexity index is 1140. The number of nitrogens with zero attached hydrogens (tertiary/aromatic N) is 4. The summed E-state index contributed by atoms with van der Waals surface area (Å²) in [5, 5.41) is 4.93. The lowest BCUT2D eigenvalue weighted by Gasteiger charge is -2.42. The van der Waals surface area contributed by atoms with Crippen molar-refractivity contribution < 1.29 is 4.39 Å². The van der Waals surface area contributed by atoms with Crippen LogP contribution in [0.3, 0.4) is 0 Å². The van der Waals surface area contributed by atoms with Gasteiger partial charge in [0.15, 0.2) is 0 Å². The van der Waals surface area contributed by atoms with Gasteiger partial charge in [-0.15, -0.1) is 0 Å². The summed E-state index contributed by atoms with van der Waals surface area (Å²) in [6.07, 6.45) is 11.4. The second-order valence-corrected chi connectivity index (χ2v) is 8.14. The largest absolute Gasteiger partial charge is 0.384 e. The standard InChI is InChI=1S/C24H24FN5/c1-24(10-3-2-4-11-24)29-13-14-30-20(16-29)22(18-9-12-27-21(26)15-18)23(28-30)17-5-7-19(25)8-6-17/h2-10,12,15H,11,13-14,16H2,1H3,(H2,26,27). The molecule has 2 aromatic heterocycles. The molecule has 0 fully saturated rings. The summed E-state index contributed by atoms with van der Waals surface area (Å²) in [6.45, 7) is 4.78. The van der Waals surface area contributed by atoms with E-state index in [1.807, 2.05) is 12.1 Å². The molecule has 2 N–H and O–H groups in total. The van der Waals surface area contributed by atoms with Crippen LogP contribution in [-0.2, 0) is 13.1 Å². The van der Waals surface area contributed by atoms with E-state index >= 15 is 0 Å². The number of fused-ring (bicyclic) bond motifs is 1. The van der Waals surface area contributed by atoms with Gasteiger partial charge in [-0.2, -0.15) is 5.10 Å². The molecule has 30 heavy (non-hydrogen) atoms. The van der Waals surface area contributed by atoms with Crippen molar-refractivity contribution in [2.75, 3.05) is 12.3 Å². The lowest BCUT2D eigenvalue weighted by atomic mass is 9.90. The molecule has 1 atom stereocenters. The van der Waals surface area contributed by atoms with Crippen LogP contribution in [0.5, 0.6) is 0 Å². The Morgan fingerprint density at radius 1 is 1.07 bits per heavy atom. The Hall–Kier alpha value is -3.25. The topological polar surface area (TPSA) is 60.0 Å².